The smallest absolute Gasteiger partial charge is 0.119 e. The number of benzene rings is 1. The van der Waals surface area contributed by atoms with E-state index in [4.69, 9.17) is 9.47 Å². The molecule has 1 aromatic carbocycles. The van der Waals surface area contributed by atoms with Crippen LogP contribution >= 0.6 is 0 Å². The highest BCUT2D eigenvalue weighted by Gasteiger charge is 2.25. The van der Waals surface area contributed by atoms with Crippen molar-refractivity contribution in [3.8, 4) is 5.75 Å². The summed E-state index contributed by atoms with van der Waals surface area (Å²) in [6.07, 6.45) is 4.02. The minimum Gasteiger partial charge on any atom is -0.491 e. The third-order valence-electron chi connectivity index (χ3n) is 3.45. The molecule has 0 aromatic heterocycles. The summed E-state index contributed by atoms with van der Waals surface area (Å²) in [5.41, 5.74) is 1.26. The Hall–Kier alpha value is -1.06. The Morgan fingerprint density at radius 1 is 1.21 bits per heavy atom. The van der Waals surface area contributed by atoms with E-state index in [0.29, 0.717) is 12.7 Å². The molecule has 0 amide bonds. The highest BCUT2D eigenvalue weighted by Crippen LogP contribution is 2.20. The Morgan fingerprint density at radius 3 is 2.68 bits per heavy atom. The van der Waals surface area contributed by atoms with Crippen molar-refractivity contribution in [2.75, 3.05) is 19.7 Å². The predicted octanol–water partition coefficient (Wildman–Crippen LogP) is 2.92. The summed E-state index contributed by atoms with van der Waals surface area (Å²) in [6.45, 7) is 6.96. The van der Waals surface area contributed by atoms with E-state index in [2.05, 4.69) is 31.3 Å². The molecule has 19 heavy (non-hydrogen) atoms. The lowest BCUT2D eigenvalue weighted by atomic mass is 10.2. The molecule has 0 radical (unpaired) electrons. The quantitative estimate of drug-likeness (QED) is 0.767. The highest BCUT2D eigenvalue weighted by atomic mass is 16.5. The predicted molar refractivity (Wildman–Crippen MR) is 77.7 cm³/mol. The van der Waals surface area contributed by atoms with Crippen LogP contribution in [0.15, 0.2) is 24.3 Å². The standard InChI is InChI=1S/C16H25NO2/c1-3-10-17-11-15-8-9-16(19-15)12-18-14-6-4-13(2)5-7-14/h4-7,15-17H,3,8-12H2,1-2H3. The van der Waals surface area contributed by atoms with Crippen LogP contribution in [-0.2, 0) is 4.74 Å². The molecule has 106 valence electrons. The van der Waals surface area contributed by atoms with Gasteiger partial charge in [-0.15, -0.1) is 0 Å². The van der Waals surface area contributed by atoms with Gasteiger partial charge in [0.25, 0.3) is 0 Å². The molecule has 1 N–H and O–H groups in total. The number of hydrogen-bond acceptors (Lipinski definition) is 3. The second kappa shape index (κ2) is 7.51. The van der Waals surface area contributed by atoms with Gasteiger partial charge < -0.3 is 14.8 Å². The van der Waals surface area contributed by atoms with Crippen molar-refractivity contribution in [2.24, 2.45) is 0 Å². The molecule has 2 unspecified atom stereocenters. The van der Waals surface area contributed by atoms with Gasteiger partial charge in [0.1, 0.15) is 12.4 Å². The second-order valence-electron chi connectivity index (χ2n) is 5.29. The van der Waals surface area contributed by atoms with Crippen molar-refractivity contribution in [3.05, 3.63) is 29.8 Å². The van der Waals surface area contributed by atoms with Crippen molar-refractivity contribution in [1.29, 1.82) is 0 Å². The molecule has 1 aliphatic rings. The third-order valence-corrected chi connectivity index (χ3v) is 3.45. The topological polar surface area (TPSA) is 30.5 Å². The summed E-state index contributed by atoms with van der Waals surface area (Å²) in [5.74, 6) is 0.932. The van der Waals surface area contributed by atoms with Crippen LogP contribution in [0, 0.1) is 6.92 Å². The van der Waals surface area contributed by atoms with Gasteiger partial charge in [0.15, 0.2) is 0 Å². The van der Waals surface area contributed by atoms with E-state index < -0.39 is 0 Å². The van der Waals surface area contributed by atoms with E-state index >= 15 is 0 Å². The molecular formula is C16H25NO2. The van der Waals surface area contributed by atoms with Gasteiger partial charge in [-0.05, 0) is 44.9 Å². The first-order valence-electron chi connectivity index (χ1n) is 7.33. The maximum Gasteiger partial charge on any atom is 0.119 e. The summed E-state index contributed by atoms with van der Waals surface area (Å²) in [7, 11) is 0. The van der Waals surface area contributed by atoms with Crippen LogP contribution in [0.2, 0.25) is 0 Å². The number of ether oxygens (including phenoxy) is 2. The summed E-state index contributed by atoms with van der Waals surface area (Å²) in [4.78, 5) is 0. The third kappa shape index (κ3) is 4.84. The maximum absolute atomic E-state index is 5.97. The molecule has 3 nitrogen and oxygen atoms in total. The largest absolute Gasteiger partial charge is 0.491 e. The molecule has 0 spiro atoms. The zero-order valence-electron chi connectivity index (χ0n) is 12.0. The summed E-state index contributed by atoms with van der Waals surface area (Å²) >= 11 is 0. The van der Waals surface area contributed by atoms with Gasteiger partial charge in [-0.3, -0.25) is 0 Å². The molecule has 0 saturated carbocycles. The highest BCUT2D eigenvalue weighted by molar-refractivity contribution is 5.26. The minimum absolute atomic E-state index is 0.245. The second-order valence-corrected chi connectivity index (χ2v) is 5.29. The van der Waals surface area contributed by atoms with Gasteiger partial charge in [0.05, 0.1) is 12.2 Å². The van der Waals surface area contributed by atoms with Crippen LogP contribution in [0.3, 0.4) is 0 Å². The molecule has 2 atom stereocenters. The van der Waals surface area contributed by atoms with E-state index in [-0.39, 0.29) is 6.10 Å². The average Bonchev–Trinajstić information content (AvgIpc) is 2.86. The summed E-state index contributed by atoms with van der Waals surface area (Å²) < 4.78 is 11.7. The molecule has 3 heteroatoms. The monoisotopic (exact) mass is 263 g/mol. The molecular weight excluding hydrogens is 238 g/mol. The fourth-order valence-corrected chi connectivity index (χ4v) is 2.32. The van der Waals surface area contributed by atoms with E-state index in [1.54, 1.807) is 0 Å². The Bertz CT molecular complexity index is 364. The van der Waals surface area contributed by atoms with E-state index in [1.807, 2.05) is 12.1 Å². The first-order chi connectivity index (χ1) is 9.28. The van der Waals surface area contributed by atoms with Crippen LogP contribution < -0.4 is 10.1 Å². The Balaban J connectivity index is 1.66. The number of aryl methyl sites for hydroxylation is 1. The molecule has 0 aliphatic carbocycles. The molecule has 1 aromatic rings. The van der Waals surface area contributed by atoms with Gasteiger partial charge >= 0.3 is 0 Å². The lowest BCUT2D eigenvalue weighted by molar-refractivity contribution is 0.0186. The number of rotatable bonds is 7. The Morgan fingerprint density at radius 2 is 1.95 bits per heavy atom. The van der Waals surface area contributed by atoms with Crippen LogP contribution in [-0.4, -0.2) is 31.9 Å². The Kier molecular flexibility index (Phi) is 5.67. The van der Waals surface area contributed by atoms with Crippen LogP contribution in [0.1, 0.15) is 31.7 Å². The summed E-state index contributed by atoms with van der Waals surface area (Å²) in [5, 5.41) is 3.41. The van der Waals surface area contributed by atoms with E-state index in [9.17, 15) is 0 Å². The molecule has 1 aliphatic heterocycles. The average molecular weight is 263 g/mol. The van der Waals surface area contributed by atoms with Gasteiger partial charge in [-0.1, -0.05) is 24.6 Å². The van der Waals surface area contributed by atoms with Crippen LogP contribution in [0.25, 0.3) is 0 Å². The van der Waals surface area contributed by atoms with Gasteiger partial charge in [-0.2, -0.15) is 0 Å². The lowest BCUT2D eigenvalue weighted by Gasteiger charge is -2.15. The first kappa shape index (κ1) is 14.4. The molecule has 1 fully saturated rings. The Labute approximate surface area is 116 Å². The van der Waals surface area contributed by atoms with Crippen molar-refractivity contribution in [1.82, 2.24) is 5.32 Å². The van der Waals surface area contributed by atoms with Gasteiger partial charge in [0, 0.05) is 6.54 Å². The van der Waals surface area contributed by atoms with Gasteiger partial charge in [0.2, 0.25) is 0 Å². The zero-order valence-corrected chi connectivity index (χ0v) is 12.0. The maximum atomic E-state index is 5.97. The van der Waals surface area contributed by atoms with E-state index in [0.717, 1.165) is 31.7 Å². The number of nitrogens with one attached hydrogen (secondary N) is 1. The first-order valence-corrected chi connectivity index (χ1v) is 7.33. The van der Waals surface area contributed by atoms with E-state index in [1.165, 1.54) is 12.0 Å². The SMILES string of the molecule is CCCNCC1CCC(COc2ccc(C)cc2)O1. The number of hydrogen-bond donors (Lipinski definition) is 1. The zero-order chi connectivity index (χ0) is 13.5. The fraction of sp³-hybridized carbons (Fsp3) is 0.625. The normalized spacial score (nSPS) is 22.6. The van der Waals surface area contributed by atoms with Crippen molar-refractivity contribution in [2.45, 2.75) is 45.3 Å². The van der Waals surface area contributed by atoms with Crippen LogP contribution in [0.5, 0.6) is 5.75 Å². The van der Waals surface area contributed by atoms with Crippen molar-refractivity contribution in [3.63, 3.8) is 0 Å². The van der Waals surface area contributed by atoms with Crippen LogP contribution in [0.4, 0.5) is 0 Å². The fourth-order valence-electron chi connectivity index (χ4n) is 2.32. The lowest BCUT2D eigenvalue weighted by Crippen LogP contribution is -2.28. The molecule has 0 bridgehead atoms. The minimum atomic E-state index is 0.245. The van der Waals surface area contributed by atoms with Crippen molar-refractivity contribution < 1.29 is 9.47 Å². The molecule has 1 saturated heterocycles. The van der Waals surface area contributed by atoms with Crippen molar-refractivity contribution >= 4 is 0 Å². The molecule has 1 heterocycles. The summed E-state index contributed by atoms with van der Waals surface area (Å²) in [6, 6.07) is 8.18. The molecule has 2 rings (SSSR count). The van der Waals surface area contributed by atoms with Gasteiger partial charge in [-0.25, -0.2) is 0 Å².